The number of piperidine rings is 1. The molecule has 6 atom stereocenters. The first kappa shape index (κ1) is 34.0. The zero-order valence-corrected chi connectivity index (χ0v) is 29.5. The highest BCUT2D eigenvalue weighted by Crippen LogP contribution is 2.48. The lowest BCUT2D eigenvalue weighted by atomic mass is 9.93. The van der Waals surface area contributed by atoms with Crippen molar-refractivity contribution >= 4 is 28.2 Å². The van der Waals surface area contributed by atoms with Crippen LogP contribution in [0.5, 0.6) is 0 Å². The highest BCUT2D eigenvalue weighted by Gasteiger charge is 2.42. The number of hydrogen-bond donors (Lipinski definition) is 3. The fourth-order valence-electron chi connectivity index (χ4n) is 8.81. The number of fused-ring (bicyclic) bond motifs is 6. The van der Waals surface area contributed by atoms with E-state index in [0.29, 0.717) is 90.8 Å². The summed E-state index contributed by atoms with van der Waals surface area (Å²) < 4.78 is 5.91. The molecule has 268 valence electrons. The van der Waals surface area contributed by atoms with Crippen LogP contribution in [0.1, 0.15) is 109 Å². The van der Waals surface area contributed by atoms with E-state index in [1.54, 1.807) is 9.13 Å². The molecule has 5 heterocycles. The van der Waals surface area contributed by atoms with E-state index < -0.39 is 0 Å². The zero-order valence-electron chi connectivity index (χ0n) is 29.5. The van der Waals surface area contributed by atoms with Crippen LogP contribution in [0.2, 0.25) is 0 Å². The highest BCUT2D eigenvalue weighted by molar-refractivity contribution is 5.78. The summed E-state index contributed by atoms with van der Waals surface area (Å²) in [5.74, 6) is 3.63. The molecule has 14 heteroatoms. The number of aryl methyl sites for hydroxylation is 2. The third-order valence-corrected chi connectivity index (χ3v) is 11.0. The predicted molar refractivity (Wildman–Crippen MR) is 190 cm³/mol. The zero-order chi connectivity index (χ0) is 35.3. The van der Waals surface area contributed by atoms with Crippen molar-refractivity contribution in [3.05, 3.63) is 65.5 Å². The van der Waals surface area contributed by atoms with Gasteiger partial charge in [0.25, 0.3) is 11.1 Å². The average Bonchev–Trinajstić information content (AvgIpc) is 3.94. The lowest BCUT2D eigenvalue weighted by Crippen LogP contribution is -2.40. The third kappa shape index (κ3) is 5.79. The second-order valence-corrected chi connectivity index (χ2v) is 14.6. The minimum atomic E-state index is -0.303. The van der Waals surface area contributed by atoms with Gasteiger partial charge >= 0.3 is 11.4 Å². The van der Waals surface area contributed by atoms with Crippen LogP contribution in [-0.2, 0) is 31.0 Å². The number of allylic oxidation sites excluding steroid dienone is 2. The van der Waals surface area contributed by atoms with Crippen LogP contribution < -0.4 is 27.8 Å². The van der Waals surface area contributed by atoms with Gasteiger partial charge in [0.15, 0.2) is 11.3 Å². The van der Waals surface area contributed by atoms with Gasteiger partial charge in [0.05, 0.1) is 0 Å². The van der Waals surface area contributed by atoms with Crippen molar-refractivity contribution in [1.29, 1.82) is 0 Å². The molecular weight excluding hydrogens is 638 g/mol. The van der Waals surface area contributed by atoms with E-state index in [2.05, 4.69) is 32.4 Å². The lowest BCUT2D eigenvalue weighted by molar-refractivity contribution is -0.123. The first-order valence-corrected chi connectivity index (χ1v) is 18.6. The minimum absolute atomic E-state index is 0.0611. The van der Waals surface area contributed by atoms with Gasteiger partial charge in [0.2, 0.25) is 5.91 Å². The van der Waals surface area contributed by atoms with Crippen LogP contribution in [0, 0.1) is 17.8 Å². The number of hydrogen-bond acceptors (Lipinski definition) is 7. The van der Waals surface area contributed by atoms with Gasteiger partial charge in [-0.25, -0.2) is 19.6 Å². The standard InChI is InChI=1S/C18H25N5O3.C18H24N4O2/c1-3-5-22-16-14(17(25)23(6-4-2)18(22)26)20-15(21-16)11-7-10-8-12(11)19-13(24)9-10;1-3-7-21-16-14(17(23)22(8-4-2)18(21)24)19-15(20-16)13-10-11-5-6-12(13)9-11/h10-12H,3-9H2,1-2H3,(H,19,24)(H,20,21);5-6,11-13H,3-4,7-10H2,1-2H3,(H,19,20). The molecule has 4 bridgehead atoms. The molecule has 14 nitrogen and oxygen atoms in total. The topological polar surface area (TPSA) is 174 Å². The number of amides is 1. The van der Waals surface area contributed by atoms with Gasteiger partial charge in [-0.3, -0.25) is 32.7 Å². The molecule has 8 rings (SSSR count). The summed E-state index contributed by atoms with van der Waals surface area (Å²) >= 11 is 0. The van der Waals surface area contributed by atoms with Crippen LogP contribution in [0.15, 0.2) is 31.3 Å². The van der Waals surface area contributed by atoms with Gasteiger partial charge in [0.1, 0.15) is 22.7 Å². The SMILES string of the molecule is CCCn1c(=O)c2[nH]c(C3CC4C=CC3C4)nc2n(CCC)c1=O.CCCn1c(=O)c2[nH]c(C3CC4CC(=O)NC3C4)nc2n(CCC)c1=O. The van der Waals surface area contributed by atoms with E-state index >= 15 is 0 Å². The molecule has 6 unspecified atom stereocenters. The number of aromatic nitrogens is 8. The number of nitrogens with one attached hydrogen (secondary N) is 3. The second-order valence-electron chi connectivity index (χ2n) is 14.6. The molecule has 1 aliphatic heterocycles. The summed E-state index contributed by atoms with van der Waals surface area (Å²) in [7, 11) is 0. The summed E-state index contributed by atoms with van der Waals surface area (Å²) in [6.45, 7) is 9.90. The molecule has 3 N–H and O–H groups in total. The Morgan fingerprint density at radius 2 is 1.16 bits per heavy atom. The number of nitrogens with zero attached hydrogens (tertiary/aromatic N) is 6. The Morgan fingerprint density at radius 3 is 1.64 bits per heavy atom. The Labute approximate surface area is 289 Å². The Balaban J connectivity index is 0.000000157. The van der Waals surface area contributed by atoms with Crippen molar-refractivity contribution in [3.8, 4) is 0 Å². The van der Waals surface area contributed by atoms with Gasteiger partial charge in [-0.15, -0.1) is 0 Å². The lowest BCUT2D eigenvalue weighted by Gasteiger charge is -2.21. The average molecular weight is 688 g/mol. The molecule has 3 aliphatic carbocycles. The summed E-state index contributed by atoms with van der Waals surface area (Å²) in [4.78, 5) is 78.7. The first-order chi connectivity index (χ1) is 24.2. The molecule has 2 saturated carbocycles. The van der Waals surface area contributed by atoms with Crippen molar-refractivity contribution in [2.75, 3.05) is 0 Å². The maximum absolute atomic E-state index is 12.8. The Hall–Kier alpha value is -4.49. The summed E-state index contributed by atoms with van der Waals surface area (Å²) in [5.41, 5.74) is 0.792. The molecule has 1 saturated heterocycles. The monoisotopic (exact) mass is 687 g/mol. The van der Waals surface area contributed by atoms with Crippen LogP contribution in [0.25, 0.3) is 22.3 Å². The molecule has 1 amide bonds. The van der Waals surface area contributed by atoms with Crippen molar-refractivity contribution < 1.29 is 4.79 Å². The quantitative estimate of drug-likeness (QED) is 0.214. The van der Waals surface area contributed by atoms with Crippen LogP contribution in [0.3, 0.4) is 0 Å². The van der Waals surface area contributed by atoms with Gasteiger partial charge in [0, 0.05) is 50.5 Å². The normalized spacial score (nSPS) is 25.1. The molecule has 0 radical (unpaired) electrons. The van der Waals surface area contributed by atoms with Gasteiger partial charge in [-0.05, 0) is 69.1 Å². The summed E-state index contributed by atoms with van der Waals surface area (Å²) in [6, 6.07) is 0.0611. The largest absolute Gasteiger partial charge is 0.353 e. The molecular formula is C36H49N9O5. The molecule has 4 aliphatic rings. The van der Waals surface area contributed by atoms with Gasteiger partial charge in [-0.2, -0.15) is 0 Å². The molecule has 0 spiro atoms. The molecule has 50 heavy (non-hydrogen) atoms. The van der Waals surface area contributed by atoms with Gasteiger partial charge in [-0.1, -0.05) is 39.8 Å². The number of H-pyrrole nitrogens is 2. The fraction of sp³-hybridized carbons (Fsp3) is 0.639. The number of aromatic amines is 2. The van der Waals surface area contributed by atoms with Crippen molar-refractivity contribution in [1.82, 2.24) is 43.5 Å². The van der Waals surface area contributed by atoms with Gasteiger partial charge < -0.3 is 15.3 Å². The molecule has 0 aromatic carbocycles. The minimum Gasteiger partial charge on any atom is -0.353 e. The van der Waals surface area contributed by atoms with Crippen molar-refractivity contribution in [2.24, 2.45) is 17.8 Å². The van der Waals surface area contributed by atoms with E-state index in [0.717, 1.165) is 44.3 Å². The van der Waals surface area contributed by atoms with Crippen LogP contribution >= 0.6 is 0 Å². The van der Waals surface area contributed by atoms with E-state index in [4.69, 9.17) is 4.98 Å². The van der Waals surface area contributed by atoms with Crippen molar-refractivity contribution in [3.63, 3.8) is 0 Å². The van der Waals surface area contributed by atoms with Crippen molar-refractivity contribution in [2.45, 2.75) is 130 Å². The maximum Gasteiger partial charge on any atom is 0.332 e. The number of imidazole rings is 2. The summed E-state index contributed by atoms with van der Waals surface area (Å²) in [6.07, 6.45) is 12.3. The molecule has 3 fully saturated rings. The maximum atomic E-state index is 12.8. The summed E-state index contributed by atoms with van der Waals surface area (Å²) in [5, 5.41) is 3.05. The third-order valence-electron chi connectivity index (χ3n) is 11.0. The highest BCUT2D eigenvalue weighted by atomic mass is 16.2. The van der Waals surface area contributed by atoms with Crippen LogP contribution in [-0.4, -0.2) is 50.2 Å². The molecule has 4 aromatic rings. The first-order valence-electron chi connectivity index (χ1n) is 18.6. The fourth-order valence-corrected chi connectivity index (χ4v) is 8.81. The predicted octanol–water partition coefficient (Wildman–Crippen LogP) is 3.47. The number of rotatable bonds is 10. The Kier molecular flexibility index (Phi) is 9.29. The number of carbonyl (C=O) groups is 1. The van der Waals surface area contributed by atoms with E-state index in [1.807, 2.05) is 27.7 Å². The van der Waals surface area contributed by atoms with E-state index in [9.17, 15) is 24.0 Å². The Bertz CT molecular complexity index is 2200. The smallest absolute Gasteiger partial charge is 0.332 e. The Morgan fingerprint density at radius 1 is 0.640 bits per heavy atom. The van der Waals surface area contributed by atoms with Crippen LogP contribution in [0.4, 0.5) is 0 Å². The second kappa shape index (κ2) is 13.7. The molecule has 4 aromatic heterocycles. The number of carbonyl (C=O) groups excluding carboxylic acids is 1. The van der Waals surface area contributed by atoms with E-state index in [-0.39, 0.29) is 40.4 Å². The van der Waals surface area contributed by atoms with E-state index in [1.165, 1.54) is 15.6 Å².